The molecule has 0 unspecified atom stereocenters. The van der Waals surface area contributed by atoms with Gasteiger partial charge >= 0.3 is 6.03 Å². The van der Waals surface area contributed by atoms with E-state index in [4.69, 9.17) is 5.73 Å². The number of rotatable bonds is 1. The summed E-state index contributed by atoms with van der Waals surface area (Å²) in [5.74, 6) is -0.234. The van der Waals surface area contributed by atoms with E-state index in [-0.39, 0.29) is 5.91 Å². The second kappa shape index (κ2) is 2.97. The summed E-state index contributed by atoms with van der Waals surface area (Å²) in [7, 11) is 0. The summed E-state index contributed by atoms with van der Waals surface area (Å²) in [4.78, 5) is 23.1. The molecule has 1 heterocycles. The predicted octanol–water partition coefficient (Wildman–Crippen LogP) is 0.634. The minimum atomic E-state index is -0.664. The van der Waals surface area contributed by atoms with Gasteiger partial charge in [0, 0.05) is 5.57 Å². The number of hydrogen-bond acceptors (Lipinski definition) is 2. The van der Waals surface area contributed by atoms with E-state index in [9.17, 15) is 9.59 Å². The summed E-state index contributed by atoms with van der Waals surface area (Å²) in [6, 6.07) is -0.664. The zero-order valence-electron chi connectivity index (χ0n) is 7.26. The average molecular weight is 168 g/mol. The fraction of sp³-hybridized carbons (Fsp3) is 0.500. The van der Waals surface area contributed by atoms with Crippen LogP contribution in [0.25, 0.3) is 0 Å². The molecule has 0 saturated heterocycles. The quantitative estimate of drug-likeness (QED) is 0.624. The number of nitrogens with zero attached hydrogens (tertiary/aromatic N) is 1. The van der Waals surface area contributed by atoms with Crippen molar-refractivity contribution in [2.75, 3.05) is 6.54 Å². The smallest absolute Gasteiger partial charge is 0.322 e. The molecule has 12 heavy (non-hydrogen) atoms. The van der Waals surface area contributed by atoms with Gasteiger partial charge in [-0.2, -0.15) is 0 Å². The van der Waals surface area contributed by atoms with E-state index in [2.05, 4.69) is 0 Å². The van der Waals surface area contributed by atoms with Crippen molar-refractivity contribution in [2.45, 2.75) is 20.3 Å². The van der Waals surface area contributed by atoms with E-state index < -0.39 is 6.03 Å². The average Bonchev–Trinajstić information content (AvgIpc) is 2.27. The number of primary amides is 1. The highest BCUT2D eigenvalue weighted by atomic mass is 16.2. The summed E-state index contributed by atoms with van der Waals surface area (Å²) in [6.07, 6.45) is 0.661. The molecule has 0 aromatic carbocycles. The van der Waals surface area contributed by atoms with E-state index in [1.807, 2.05) is 13.8 Å². The Morgan fingerprint density at radius 2 is 2.25 bits per heavy atom. The van der Waals surface area contributed by atoms with Gasteiger partial charge in [-0.1, -0.05) is 6.92 Å². The highest BCUT2D eigenvalue weighted by Crippen LogP contribution is 2.20. The van der Waals surface area contributed by atoms with E-state index in [1.165, 1.54) is 0 Å². The van der Waals surface area contributed by atoms with Crippen LogP contribution in [-0.2, 0) is 4.79 Å². The van der Waals surface area contributed by atoms with E-state index in [0.29, 0.717) is 18.5 Å². The highest BCUT2D eigenvalue weighted by molar-refractivity contribution is 6.06. The maximum absolute atomic E-state index is 11.4. The first-order valence-electron chi connectivity index (χ1n) is 3.87. The van der Waals surface area contributed by atoms with Crippen molar-refractivity contribution in [1.82, 2.24) is 4.90 Å². The number of carbonyl (C=O) groups is 2. The maximum atomic E-state index is 11.4. The van der Waals surface area contributed by atoms with Crippen molar-refractivity contribution in [2.24, 2.45) is 5.73 Å². The van der Waals surface area contributed by atoms with Crippen LogP contribution in [0.5, 0.6) is 0 Å². The van der Waals surface area contributed by atoms with Gasteiger partial charge in [-0.15, -0.1) is 0 Å². The first-order chi connectivity index (χ1) is 5.57. The normalized spacial score (nSPS) is 17.5. The Bertz CT molecular complexity index is 268. The molecule has 0 atom stereocenters. The fourth-order valence-corrected chi connectivity index (χ4v) is 1.38. The third-order valence-electron chi connectivity index (χ3n) is 2.03. The molecule has 0 aliphatic carbocycles. The zero-order valence-corrected chi connectivity index (χ0v) is 7.26. The molecule has 1 aliphatic rings. The molecule has 0 radical (unpaired) electrons. The lowest BCUT2D eigenvalue weighted by Gasteiger charge is -2.09. The van der Waals surface area contributed by atoms with Gasteiger partial charge in [-0.05, 0) is 18.9 Å². The highest BCUT2D eigenvalue weighted by Gasteiger charge is 2.29. The van der Waals surface area contributed by atoms with Crippen LogP contribution in [0.4, 0.5) is 4.79 Å². The second-order valence-corrected chi connectivity index (χ2v) is 2.84. The van der Waals surface area contributed by atoms with Crippen LogP contribution in [-0.4, -0.2) is 23.4 Å². The number of carbonyl (C=O) groups excluding carboxylic acids is 2. The van der Waals surface area contributed by atoms with Crippen LogP contribution in [0.2, 0.25) is 0 Å². The summed E-state index contributed by atoms with van der Waals surface area (Å²) < 4.78 is 0. The molecule has 0 fully saturated rings. The molecule has 4 heteroatoms. The fourth-order valence-electron chi connectivity index (χ4n) is 1.38. The predicted molar refractivity (Wildman–Crippen MR) is 44.3 cm³/mol. The van der Waals surface area contributed by atoms with Crippen LogP contribution >= 0.6 is 0 Å². The summed E-state index contributed by atoms with van der Waals surface area (Å²) in [5, 5.41) is 0. The molecule has 2 N–H and O–H groups in total. The molecule has 4 nitrogen and oxygen atoms in total. The van der Waals surface area contributed by atoms with E-state index in [0.717, 1.165) is 10.5 Å². The lowest BCUT2D eigenvalue weighted by molar-refractivity contribution is -0.122. The van der Waals surface area contributed by atoms with E-state index in [1.54, 1.807) is 0 Å². The third kappa shape index (κ3) is 1.20. The Balaban J connectivity index is 2.87. The second-order valence-electron chi connectivity index (χ2n) is 2.84. The lowest BCUT2D eigenvalue weighted by atomic mass is 10.1. The van der Waals surface area contributed by atoms with Crippen molar-refractivity contribution in [3.63, 3.8) is 0 Å². The number of nitrogens with two attached hydrogens (primary N) is 1. The van der Waals surface area contributed by atoms with Crippen LogP contribution in [0.1, 0.15) is 20.3 Å². The van der Waals surface area contributed by atoms with Crippen LogP contribution < -0.4 is 5.73 Å². The van der Waals surface area contributed by atoms with Crippen LogP contribution in [0.3, 0.4) is 0 Å². The summed E-state index contributed by atoms with van der Waals surface area (Å²) >= 11 is 0. The Morgan fingerprint density at radius 1 is 1.67 bits per heavy atom. The van der Waals surface area contributed by atoms with Crippen molar-refractivity contribution >= 4 is 11.9 Å². The molecule has 1 rings (SSSR count). The molecule has 0 bridgehead atoms. The Kier molecular flexibility index (Phi) is 2.17. The molecule has 0 saturated carbocycles. The molecule has 0 spiro atoms. The van der Waals surface area contributed by atoms with Gasteiger partial charge in [0.05, 0.1) is 6.54 Å². The Morgan fingerprint density at radius 3 is 2.50 bits per heavy atom. The third-order valence-corrected chi connectivity index (χ3v) is 2.03. The van der Waals surface area contributed by atoms with Crippen LogP contribution in [0, 0.1) is 0 Å². The van der Waals surface area contributed by atoms with Crippen molar-refractivity contribution in [3.8, 4) is 0 Å². The number of imide groups is 1. The SMILES string of the molecule is CCC1=C(C)CN(C(N)=O)C1=O. The topological polar surface area (TPSA) is 63.4 Å². The Labute approximate surface area is 71.0 Å². The van der Waals surface area contributed by atoms with E-state index >= 15 is 0 Å². The van der Waals surface area contributed by atoms with Crippen molar-refractivity contribution < 1.29 is 9.59 Å². The van der Waals surface area contributed by atoms with Crippen molar-refractivity contribution in [3.05, 3.63) is 11.1 Å². The first-order valence-corrected chi connectivity index (χ1v) is 3.87. The molecular weight excluding hydrogens is 156 g/mol. The standard InChI is InChI=1S/C8H12N2O2/c1-3-6-5(2)4-10(7(6)11)8(9)12/h3-4H2,1-2H3,(H2,9,12). The zero-order chi connectivity index (χ0) is 9.30. The van der Waals surface area contributed by atoms with Gasteiger partial charge in [0.2, 0.25) is 0 Å². The van der Waals surface area contributed by atoms with Gasteiger partial charge in [-0.25, -0.2) is 4.79 Å². The molecule has 66 valence electrons. The van der Waals surface area contributed by atoms with Gasteiger partial charge in [0.1, 0.15) is 0 Å². The summed E-state index contributed by atoms with van der Waals surface area (Å²) in [6.45, 7) is 4.10. The van der Waals surface area contributed by atoms with Crippen LogP contribution in [0.15, 0.2) is 11.1 Å². The van der Waals surface area contributed by atoms with Gasteiger partial charge < -0.3 is 5.73 Å². The number of hydrogen-bond donors (Lipinski definition) is 1. The molecule has 0 aromatic rings. The number of urea groups is 1. The first kappa shape index (κ1) is 8.77. The minimum absolute atomic E-state index is 0.234. The largest absolute Gasteiger partial charge is 0.351 e. The molecular formula is C8H12N2O2. The van der Waals surface area contributed by atoms with Gasteiger partial charge in [0.25, 0.3) is 5.91 Å². The number of amides is 3. The van der Waals surface area contributed by atoms with Gasteiger partial charge in [-0.3, -0.25) is 9.69 Å². The molecule has 0 aromatic heterocycles. The summed E-state index contributed by atoms with van der Waals surface area (Å²) in [5.41, 5.74) is 6.67. The maximum Gasteiger partial charge on any atom is 0.322 e. The monoisotopic (exact) mass is 168 g/mol. The van der Waals surface area contributed by atoms with Gasteiger partial charge in [0.15, 0.2) is 0 Å². The van der Waals surface area contributed by atoms with Crippen molar-refractivity contribution in [1.29, 1.82) is 0 Å². The molecule has 1 aliphatic heterocycles. The lowest BCUT2D eigenvalue weighted by Crippen LogP contribution is -2.38. The molecule has 3 amide bonds. The minimum Gasteiger partial charge on any atom is -0.351 e. The Hall–Kier alpha value is -1.32.